The lowest BCUT2D eigenvalue weighted by atomic mass is 10.1. The van der Waals surface area contributed by atoms with Gasteiger partial charge in [-0.3, -0.25) is 4.79 Å². The highest BCUT2D eigenvalue weighted by molar-refractivity contribution is 5.71. The molecule has 0 aliphatic carbocycles. The molecule has 4 nitrogen and oxygen atoms in total. The highest BCUT2D eigenvalue weighted by Crippen LogP contribution is 2.15. The fraction of sp³-hybridized carbons (Fsp3) is 0.455. The molecule has 1 fully saturated rings. The summed E-state index contributed by atoms with van der Waals surface area (Å²) in [7, 11) is 0. The summed E-state index contributed by atoms with van der Waals surface area (Å²) in [4.78, 5) is 14.3. The third kappa shape index (κ3) is 2.76. The van der Waals surface area contributed by atoms with Gasteiger partial charge in [0.2, 0.25) is 0 Å². The smallest absolute Gasteiger partial charge is 0.168 e. The zero-order valence-corrected chi connectivity index (χ0v) is 8.39. The largest absolute Gasteiger partial charge is 0.492 e. The number of hydrogen-bond donors (Lipinski definition) is 0. The van der Waals surface area contributed by atoms with E-state index in [0.29, 0.717) is 30.3 Å². The van der Waals surface area contributed by atoms with Gasteiger partial charge in [-0.1, -0.05) is 0 Å². The van der Waals surface area contributed by atoms with Gasteiger partial charge in [0.1, 0.15) is 11.4 Å². The van der Waals surface area contributed by atoms with Crippen LogP contribution in [-0.4, -0.2) is 31.1 Å². The molecule has 0 amide bonds. The van der Waals surface area contributed by atoms with Gasteiger partial charge in [-0.25, -0.2) is 4.98 Å². The standard InChI is InChI=1S/C11H13NO3/c13-6-10-1-2-11(5-12-10)15-8-9-3-4-14-7-9/h1-2,5-6,9H,3-4,7-8H2. The van der Waals surface area contributed by atoms with Crippen LogP contribution in [0.25, 0.3) is 0 Å². The van der Waals surface area contributed by atoms with Crippen LogP contribution < -0.4 is 4.74 Å². The van der Waals surface area contributed by atoms with Crippen LogP contribution in [0.4, 0.5) is 0 Å². The molecular formula is C11H13NO3. The molecule has 0 aromatic carbocycles. The second-order valence-corrected chi connectivity index (χ2v) is 3.58. The number of nitrogens with zero attached hydrogens (tertiary/aromatic N) is 1. The number of aromatic nitrogens is 1. The molecule has 2 heterocycles. The van der Waals surface area contributed by atoms with Gasteiger partial charge in [-0.2, -0.15) is 0 Å². The molecule has 1 aromatic heterocycles. The van der Waals surface area contributed by atoms with E-state index >= 15 is 0 Å². The van der Waals surface area contributed by atoms with Crippen LogP contribution >= 0.6 is 0 Å². The molecule has 15 heavy (non-hydrogen) atoms. The molecule has 1 saturated heterocycles. The SMILES string of the molecule is O=Cc1ccc(OCC2CCOC2)cn1. The van der Waals surface area contributed by atoms with E-state index in [9.17, 15) is 4.79 Å². The van der Waals surface area contributed by atoms with Crippen LogP contribution in [0.2, 0.25) is 0 Å². The Labute approximate surface area is 88.2 Å². The van der Waals surface area contributed by atoms with Crippen LogP contribution in [0, 0.1) is 5.92 Å². The maximum atomic E-state index is 10.4. The molecule has 2 rings (SSSR count). The van der Waals surface area contributed by atoms with Gasteiger partial charge < -0.3 is 9.47 Å². The number of carbonyl (C=O) groups excluding carboxylic acids is 1. The Hall–Kier alpha value is -1.42. The van der Waals surface area contributed by atoms with Gasteiger partial charge in [0.15, 0.2) is 6.29 Å². The number of pyridine rings is 1. The van der Waals surface area contributed by atoms with Crippen molar-refractivity contribution in [2.75, 3.05) is 19.8 Å². The molecule has 80 valence electrons. The van der Waals surface area contributed by atoms with E-state index < -0.39 is 0 Å². The van der Waals surface area contributed by atoms with E-state index in [1.807, 2.05) is 0 Å². The molecule has 0 spiro atoms. The Morgan fingerprint density at radius 2 is 2.53 bits per heavy atom. The van der Waals surface area contributed by atoms with Crippen molar-refractivity contribution in [3.63, 3.8) is 0 Å². The van der Waals surface area contributed by atoms with E-state index in [4.69, 9.17) is 9.47 Å². The zero-order valence-electron chi connectivity index (χ0n) is 8.39. The Morgan fingerprint density at radius 3 is 3.13 bits per heavy atom. The van der Waals surface area contributed by atoms with Crippen LogP contribution in [0.5, 0.6) is 5.75 Å². The second-order valence-electron chi connectivity index (χ2n) is 3.58. The predicted octanol–water partition coefficient (Wildman–Crippen LogP) is 1.31. The summed E-state index contributed by atoms with van der Waals surface area (Å²) in [6.45, 7) is 2.26. The zero-order chi connectivity index (χ0) is 10.5. The van der Waals surface area contributed by atoms with Crippen molar-refractivity contribution in [3.8, 4) is 5.75 Å². The molecule has 1 unspecified atom stereocenters. The van der Waals surface area contributed by atoms with Crippen molar-refractivity contribution in [3.05, 3.63) is 24.0 Å². The molecular weight excluding hydrogens is 194 g/mol. The molecule has 1 aromatic rings. The second kappa shape index (κ2) is 4.89. The summed E-state index contributed by atoms with van der Waals surface area (Å²) in [5.74, 6) is 1.18. The molecule has 1 aliphatic rings. The van der Waals surface area contributed by atoms with Gasteiger partial charge >= 0.3 is 0 Å². The van der Waals surface area contributed by atoms with Crippen LogP contribution in [0.1, 0.15) is 16.9 Å². The lowest BCUT2D eigenvalue weighted by Gasteiger charge is -2.09. The molecule has 1 atom stereocenters. The Kier molecular flexibility index (Phi) is 3.29. The Morgan fingerprint density at radius 1 is 1.60 bits per heavy atom. The predicted molar refractivity (Wildman–Crippen MR) is 54.0 cm³/mol. The van der Waals surface area contributed by atoms with Gasteiger partial charge in [0.05, 0.1) is 19.4 Å². The summed E-state index contributed by atoms with van der Waals surface area (Å²) >= 11 is 0. The first kappa shape index (κ1) is 10.1. The molecule has 0 N–H and O–H groups in total. The highest BCUT2D eigenvalue weighted by Gasteiger charge is 2.16. The van der Waals surface area contributed by atoms with Crippen LogP contribution in [0.15, 0.2) is 18.3 Å². The number of rotatable bonds is 4. The lowest BCUT2D eigenvalue weighted by Crippen LogP contribution is -2.11. The average Bonchev–Trinajstić information content (AvgIpc) is 2.80. The monoisotopic (exact) mass is 207 g/mol. The van der Waals surface area contributed by atoms with E-state index in [1.54, 1.807) is 18.3 Å². The number of hydrogen-bond acceptors (Lipinski definition) is 4. The van der Waals surface area contributed by atoms with Crippen molar-refractivity contribution in [1.29, 1.82) is 0 Å². The molecule has 0 radical (unpaired) electrons. The third-order valence-corrected chi connectivity index (χ3v) is 2.39. The topological polar surface area (TPSA) is 48.4 Å². The van der Waals surface area contributed by atoms with E-state index in [2.05, 4.69) is 4.98 Å². The van der Waals surface area contributed by atoms with Gasteiger partial charge in [-0.05, 0) is 18.6 Å². The van der Waals surface area contributed by atoms with Crippen LogP contribution in [-0.2, 0) is 4.74 Å². The van der Waals surface area contributed by atoms with Gasteiger partial charge in [-0.15, -0.1) is 0 Å². The van der Waals surface area contributed by atoms with Crippen molar-refractivity contribution in [2.24, 2.45) is 5.92 Å². The molecule has 1 aliphatic heterocycles. The first-order valence-corrected chi connectivity index (χ1v) is 5.00. The maximum absolute atomic E-state index is 10.4. The summed E-state index contributed by atoms with van der Waals surface area (Å²) in [6.07, 6.45) is 3.34. The van der Waals surface area contributed by atoms with Gasteiger partial charge in [0, 0.05) is 12.5 Å². The lowest BCUT2D eigenvalue weighted by molar-refractivity contribution is 0.111. The molecule has 4 heteroatoms. The summed E-state index contributed by atoms with van der Waals surface area (Å²) in [5.41, 5.74) is 0.423. The van der Waals surface area contributed by atoms with E-state index in [-0.39, 0.29) is 0 Å². The summed E-state index contributed by atoms with van der Waals surface area (Å²) < 4.78 is 10.8. The quantitative estimate of drug-likeness (QED) is 0.698. The highest BCUT2D eigenvalue weighted by atomic mass is 16.5. The first-order valence-electron chi connectivity index (χ1n) is 5.00. The Balaban J connectivity index is 1.84. The van der Waals surface area contributed by atoms with Crippen LogP contribution in [0.3, 0.4) is 0 Å². The van der Waals surface area contributed by atoms with E-state index in [0.717, 1.165) is 19.6 Å². The number of carbonyl (C=O) groups is 1. The fourth-order valence-corrected chi connectivity index (χ4v) is 1.48. The average molecular weight is 207 g/mol. The first-order chi connectivity index (χ1) is 7.38. The summed E-state index contributed by atoms with van der Waals surface area (Å²) in [5, 5.41) is 0. The van der Waals surface area contributed by atoms with Crippen molar-refractivity contribution < 1.29 is 14.3 Å². The Bertz CT molecular complexity index is 317. The van der Waals surface area contributed by atoms with Gasteiger partial charge in [0.25, 0.3) is 0 Å². The van der Waals surface area contributed by atoms with Crippen molar-refractivity contribution in [1.82, 2.24) is 4.98 Å². The third-order valence-electron chi connectivity index (χ3n) is 2.39. The maximum Gasteiger partial charge on any atom is 0.168 e. The number of aldehydes is 1. The minimum absolute atomic E-state index is 0.423. The fourth-order valence-electron chi connectivity index (χ4n) is 1.48. The molecule has 0 bridgehead atoms. The van der Waals surface area contributed by atoms with Crippen molar-refractivity contribution >= 4 is 6.29 Å². The van der Waals surface area contributed by atoms with E-state index in [1.165, 1.54) is 0 Å². The summed E-state index contributed by atoms with van der Waals surface area (Å²) in [6, 6.07) is 3.40. The van der Waals surface area contributed by atoms with Crippen molar-refractivity contribution in [2.45, 2.75) is 6.42 Å². The minimum Gasteiger partial charge on any atom is -0.492 e. The number of ether oxygens (including phenoxy) is 2. The minimum atomic E-state index is 0.423. The normalized spacial score (nSPS) is 20.1. The molecule has 0 saturated carbocycles.